The first-order chi connectivity index (χ1) is 8.38. The number of thiazole rings is 1. The van der Waals surface area contributed by atoms with Crippen LogP contribution >= 0.6 is 11.3 Å². The van der Waals surface area contributed by atoms with Crippen molar-refractivity contribution in [3.05, 3.63) is 46.9 Å². The zero-order chi connectivity index (χ0) is 11.9. The van der Waals surface area contributed by atoms with Crippen LogP contribution in [0, 0.1) is 0 Å². The molecule has 0 fully saturated rings. The van der Waals surface area contributed by atoms with Crippen molar-refractivity contribution >= 4 is 23.0 Å². The van der Waals surface area contributed by atoms with Gasteiger partial charge < -0.3 is 5.32 Å². The fourth-order valence-corrected chi connectivity index (χ4v) is 1.80. The van der Waals surface area contributed by atoms with Gasteiger partial charge in [0.2, 0.25) is 5.96 Å². The Morgan fingerprint density at radius 3 is 2.82 bits per heavy atom. The van der Waals surface area contributed by atoms with Crippen LogP contribution in [-0.2, 0) is 6.54 Å². The second-order valence-corrected chi connectivity index (χ2v) is 4.21. The molecule has 0 aliphatic heterocycles. The minimum Gasteiger partial charge on any atom is -0.325 e. The summed E-state index contributed by atoms with van der Waals surface area (Å²) < 4.78 is 0. The van der Waals surface area contributed by atoms with Gasteiger partial charge in [-0.3, -0.25) is 5.43 Å². The Balaban J connectivity index is 1.99. The molecular weight excluding hydrogens is 234 g/mol. The van der Waals surface area contributed by atoms with E-state index in [0.717, 1.165) is 10.7 Å². The van der Waals surface area contributed by atoms with Crippen LogP contribution in [0.1, 0.15) is 5.01 Å². The maximum Gasteiger partial charge on any atom is 0.210 e. The highest BCUT2D eigenvalue weighted by molar-refractivity contribution is 7.09. The molecule has 0 unspecified atom stereocenters. The minimum absolute atomic E-state index is 0.511. The number of hydrazine groups is 1. The molecule has 17 heavy (non-hydrogen) atoms. The van der Waals surface area contributed by atoms with Crippen LogP contribution < -0.4 is 16.6 Å². The van der Waals surface area contributed by atoms with E-state index in [1.54, 1.807) is 17.5 Å². The molecule has 1 heterocycles. The van der Waals surface area contributed by atoms with Crippen LogP contribution in [0.15, 0.2) is 46.9 Å². The highest BCUT2D eigenvalue weighted by atomic mass is 32.1. The first-order valence-electron chi connectivity index (χ1n) is 5.10. The van der Waals surface area contributed by atoms with Gasteiger partial charge in [-0.1, -0.05) is 18.2 Å². The molecule has 6 heteroatoms. The standard InChI is InChI=1S/C11H13N5S/c12-16-11(14-8-10-13-6-7-17-10)15-9-4-2-1-3-5-9/h1-7H,8,12H2,(H2,14,15,16). The number of hydrogen-bond acceptors (Lipinski definition) is 4. The van der Waals surface area contributed by atoms with E-state index in [0.29, 0.717) is 12.5 Å². The fraction of sp³-hybridized carbons (Fsp3) is 0.0909. The summed E-state index contributed by atoms with van der Waals surface area (Å²) in [4.78, 5) is 8.44. The van der Waals surface area contributed by atoms with Gasteiger partial charge in [0.1, 0.15) is 5.01 Å². The molecule has 0 bridgehead atoms. The van der Waals surface area contributed by atoms with Crippen LogP contribution in [0.25, 0.3) is 0 Å². The second-order valence-electron chi connectivity index (χ2n) is 3.23. The van der Waals surface area contributed by atoms with E-state index in [1.807, 2.05) is 35.7 Å². The van der Waals surface area contributed by atoms with E-state index < -0.39 is 0 Å². The van der Waals surface area contributed by atoms with Gasteiger partial charge in [-0.05, 0) is 12.1 Å². The lowest BCUT2D eigenvalue weighted by Crippen LogP contribution is -2.36. The second kappa shape index (κ2) is 5.97. The Morgan fingerprint density at radius 1 is 1.35 bits per heavy atom. The molecular formula is C11H13N5S. The molecule has 1 aromatic heterocycles. The Morgan fingerprint density at radius 2 is 2.18 bits per heavy atom. The maximum atomic E-state index is 5.40. The molecule has 0 aliphatic rings. The van der Waals surface area contributed by atoms with Gasteiger partial charge in [0, 0.05) is 17.3 Å². The van der Waals surface area contributed by atoms with Gasteiger partial charge in [-0.15, -0.1) is 11.3 Å². The van der Waals surface area contributed by atoms with Crippen LogP contribution in [0.2, 0.25) is 0 Å². The third kappa shape index (κ3) is 3.54. The van der Waals surface area contributed by atoms with Crippen molar-refractivity contribution in [2.24, 2.45) is 10.8 Å². The number of nitrogens with one attached hydrogen (secondary N) is 2. The number of aromatic nitrogens is 1. The van der Waals surface area contributed by atoms with Gasteiger partial charge in [-0.2, -0.15) is 0 Å². The number of anilines is 1. The molecule has 2 rings (SSSR count). The Bertz CT molecular complexity index is 466. The molecule has 1 aromatic carbocycles. The van der Waals surface area contributed by atoms with Crippen molar-refractivity contribution in [2.75, 3.05) is 5.32 Å². The molecule has 0 amide bonds. The zero-order valence-electron chi connectivity index (χ0n) is 9.13. The van der Waals surface area contributed by atoms with E-state index in [1.165, 1.54) is 0 Å². The molecule has 0 radical (unpaired) electrons. The third-order valence-corrected chi connectivity index (χ3v) is 2.79. The van der Waals surface area contributed by atoms with E-state index in [9.17, 15) is 0 Å². The number of hydrogen-bond donors (Lipinski definition) is 3. The number of benzene rings is 1. The fourth-order valence-electron chi connectivity index (χ4n) is 1.26. The number of para-hydroxylation sites is 1. The lowest BCUT2D eigenvalue weighted by molar-refractivity contribution is 0.960. The molecule has 5 nitrogen and oxygen atoms in total. The van der Waals surface area contributed by atoms with Gasteiger partial charge in [0.05, 0.1) is 6.54 Å². The monoisotopic (exact) mass is 247 g/mol. The molecule has 4 N–H and O–H groups in total. The van der Waals surface area contributed by atoms with Crippen LogP contribution in [0.4, 0.5) is 5.69 Å². The summed E-state index contributed by atoms with van der Waals surface area (Å²) in [7, 11) is 0. The minimum atomic E-state index is 0.511. The zero-order valence-corrected chi connectivity index (χ0v) is 9.95. The molecule has 0 saturated carbocycles. The predicted molar refractivity (Wildman–Crippen MR) is 70.6 cm³/mol. The molecule has 2 aromatic rings. The molecule has 0 spiro atoms. The Hall–Kier alpha value is -1.92. The first-order valence-corrected chi connectivity index (χ1v) is 5.98. The summed E-state index contributed by atoms with van der Waals surface area (Å²) >= 11 is 1.57. The van der Waals surface area contributed by atoms with Gasteiger partial charge in [-0.25, -0.2) is 15.8 Å². The topological polar surface area (TPSA) is 75.3 Å². The molecule has 0 atom stereocenters. The summed E-state index contributed by atoms with van der Waals surface area (Å²) in [6.07, 6.45) is 1.76. The number of aliphatic imine (C=N–C) groups is 1. The summed E-state index contributed by atoms with van der Waals surface area (Å²) in [5, 5.41) is 5.95. The summed E-state index contributed by atoms with van der Waals surface area (Å²) in [5.74, 6) is 5.92. The van der Waals surface area contributed by atoms with Crippen molar-refractivity contribution in [1.29, 1.82) is 0 Å². The predicted octanol–water partition coefficient (Wildman–Crippen LogP) is 1.57. The van der Waals surface area contributed by atoms with Gasteiger partial charge >= 0.3 is 0 Å². The van der Waals surface area contributed by atoms with E-state index >= 15 is 0 Å². The maximum absolute atomic E-state index is 5.40. The lowest BCUT2D eigenvalue weighted by atomic mass is 10.3. The molecule has 0 aliphatic carbocycles. The van der Waals surface area contributed by atoms with Crippen molar-refractivity contribution in [1.82, 2.24) is 10.4 Å². The highest BCUT2D eigenvalue weighted by Gasteiger charge is 1.98. The van der Waals surface area contributed by atoms with Crippen LogP contribution in [-0.4, -0.2) is 10.9 Å². The lowest BCUT2D eigenvalue weighted by Gasteiger charge is -2.08. The van der Waals surface area contributed by atoms with E-state index in [4.69, 9.17) is 5.84 Å². The van der Waals surface area contributed by atoms with Crippen molar-refractivity contribution in [3.8, 4) is 0 Å². The van der Waals surface area contributed by atoms with Gasteiger partial charge in [0.15, 0.2) is 0 Å². The Kier molecular flexibility index (Phi) is 4.06. The largest absolute Gasteiger partial charge is 0.325 e. The summed E-state index contributed by atoms with van der Waals surface area (Å²) in [5.41, 5.74) is 3.46. The smallest absolute Gasteiger partial charge is 0.210 e. The first kappa shape index (κ1) is 11.6. The third-order valence-electron chi connectivity index (χ3n) is 2.03. The van der Waals surface area contributed by atoms with Crippen LogP contribution in [0.3, 0.4) is 0 Å². The van der Waals surface area contributed by atoms with Crippen molar-refractivity contribution < 1.29 is 0 Å². The Labute approximate surface area is 103 Å². The average Bonchev–Trinajstić information content (AvgIpc) is 2.89. The number of nitrogens with zero attached hydrogens (tertiary/aromatic N) is 2. The van der Waals surface area contributed by atoms with Crippen molar-refractivity contribution in [3.63, 3.8) is 0 Å². The van der Waals surface area contributed by atoms with E-state index in [-0.39, 0.29) is 0 Å². The number of nitrogens with two attached hydrogens (primary N) is 1. The van der Waals surface area contributed by atoms with Crippen LogP contribution in [0.5, 0.6) is 0 Å². The highest BCUT2D eigenvalue weighted by Crippen LogP contribution is 2.07. The summed E-state index contributed by atoms with van der Waals surface area (Å²) in [6, 6.07) is 9.72. The summed E-state index contributed by atoms with van der Waals surface area (Å²) in [6.45, 7) is 0.511. The van der Waals surface area contributed by atoms with Crippen molar-refractivity contribution in [2.45, 2.75) is 6.54 Å². The van der Waals surface area contributed by atoms with Gasteiger partial charge in [0.25, 0.3) is 0 Å². The molecule has 88 valence electrons. The SMILES string of the molecule is NNC(=NCc1nccs1)Nc1ccccc1. The van der Waals surface area contributed by atoms with E-state index in [2.05, 4.69) is 20.7 Å². The number of rotatable bonds is 3. The average molecular weight is 247 g/mol. The number of guanidine groups is 1. The quantitative estimate of drug-likeness (QED) is 0.333. The normalized spacial score (nSPS) is 11.2. The molecule has 0 saturated heterocycles.